The highest BCUT2D eigenvalue weighted by Gasteiger charge is 2.38. The molecule has 1 radical (unpaired) electrons. The van der Waals surface area contributed by atoms with Crippen LogP contribution in [-0.4, -0.2) is 11.8 Å². The second-order valence-electron chi connectivity index (χ2n) is 24.0. The van der Waals surface area contributed by atoms with E-state index >= 15 is 0 Å². The average Bonchev–Trinajstić information content (AvgIpc) is 4.09. The van der Waals surface area contributed by atoms with Gasteiger partial charge in [-0.25, -0.2) is 0 Å². The van der Waals surface area contributed by atoms with Crippen LogP contribution in [0, 0.1) is 0 Å². The van der Waals surface area contributed by atoms with E-state index in [-0.39, 0.29) is 16.2 Å². The number of hydrogen-bond acceptors (Lipinski definition) is 3. The zero-order valence-electron chi connectivity index (χ0n) is 44.0. The number of thiophene rings is 2. The van der Waals surface area contributed by atoms with E-state index in [2.05, 4.69) is 224 Å². The van der Waals surface area contributed by atoms with Gasteiger partial charge in [0.2, 0.25) is 0 Å². The summed E-state index contributed by atoms with van der Waals surface area (Å²) < 4.78 is 7.98. The molecule has 0 atom stereocenters. The number of aryl methyl sites for hydroxylation is 1. The molecule has 1 aliphatic heterocycles. The Morgan fingerprint density at radius 3 is 2.05 bits per heavy atom. The van der Waals surface area contributed by atoms with E-state index in [4.69, 9.17) is 0 Å². The van der Waals surface area contributed by atoms with E-state index in [1.165, 1.54) is 166 Å². The Balaban J connectivity index is 1.11. The molecule has 363 valence electrons. The Labute approximate surface area is 444 Å². The minimum atomic E-state index is -0.0154. The second kappa shape index (κ2) is 16.7. The zero-order chi connectivity index (χ0) is 50.4. The van der Waals surface area contributed by atoms with Crippen molar-refractivity contribution in [3.8, 4) is 27.9 Å². The summed E-state index contributed by atoms with van der Waals surface area (Å²) in [6.07, 6.45) is 7.22. The molecule has 0 spiro atoms. The number of unbranched alkanes of at least 4 members (excludes halogenated alkanes) is 2. The molecule has 4 heterocycles. The lowest BCUT2D eigenvalue weighted by atomic mass is 9.58. The van der Waals surface area contributed by atoms with Gasteiger partial charge in [-0.05, 0) is 152 Å². The van der Waals surface area contributed by atoms with Crippen LogP contribution in [0.3, 0.4) is 0 Å². The van der Waals surface area contributed by atoms with Crippen molar-refractivity contribution >= 4 is 125 Å². The lowest BCUT2D eigenvalue weighted by molar-refractivity contribution is 0.332. The van der Waals surface area contributed by atoms with Gasteiger partial charge in [0.05, 0.1) is 5.52 Å². The summed E-state index contributed by atoms with van der Waals surface area (Å²) in [6, 6.07) is 59.2. The Bertz CT molecular complexity index is 4300. The molecule has 14 rings (SSSR count). The van der Waals surface area contributed by atoms with Gasteiger partial charge in [-0.15, -0.1) is 22.7 Å². The normalized spacial score (nSPS) is 14.9. The summed E-state index contributed by atoms with van der Waals surface area (Å²) in [4.78, 5) is 0. The zero-order valence-corrected chi connectivity index (χ0v) is 45.7. The topological polar surface area (TPSA) is 17.0 Å². The number of benzene rings is 9. The van der Waals surface area contributed by atoms with Gasteiger partial charge in [0.25, 0.3) is 0 Å². The molecule has 5 heteroatoms. The molecule has 0 unspecified atom stereocenters. The molecule has 0 saturated heterocycles. The average molecular weight is 994 g/mol. The molecule has 12 aromatic rings. The Hall–Kier alpha value is -6.66. The van der Waals surface area contributed by atoms with Crippen LogP contribution in [0.15, 0.2) is 152 Å². The van der Waals surface area contributed by atoms with E-state index in [1.54, 1.807) is 0 Å². The maximum atomic E-state index is 4.10. The number of hydrogen-bond donors (Lipinski definition) is 1. The van der Waals surface area contributed by atoms with E-state index in [1.807, 2.05) is 22.7 Å². The highest BCUT2D eigenvalue weighted by Crippen LogP contribution is 2.52. The van der Waals surface area contributed by atoms with Crippen LogP contribution in [0.4, 0.5) is 11.4 Å². The van der Waals surface area contributed by atoms with Gasteiger partial charge in [-0.3, -0.25) is 0 Å². The highest BCUT2D eigenvalue weighted by atomic mass is 32.1. The maximum absolute atomic E-state index is 4.10. The fourth-order valence-corrected chi connectivity index (χ4v) is 15.2. The number of rotatable bonds is 8. The molecular weight excluding hydrogens is 932 g/mol. The third kappa shape index (κ3) is 7.16. The molecule has 1 aliphatic carbocycles. The Morgan fingerprint density at radius 2 is 1.26 bits per heavy atom. The summed E-state index contributed by atoms with van der Waals surface area (Å²) in [5, 5.41) is 14.6. The van der Waals surface area contributed by atoms with Gasteiger partial charge in [-0.1, -0.05) is 165 Å². The molecule has 2 aliphatic rings. The van der Waals surface area contributed by atoms with Crippen molar-refractivity contribution in [2.24, 2.45) is 0 Å². The fraction of sp³-hybridized carbons (Fsp3) is 0.246. The number of aromatic nitrogens is 1. The van der Waals surface area contributed by atoms with Crippen LogP contribution in [0.2, 0.25) is 0 Å². The molecule has 2 nitrogen and oxygen atoms in total. The molecule has 0 saturated carbocycles. The highest BCUT2D eigenvalue weighted by molar-refractivity contribution is 7.26. The first-order chi connectivity index (χ1) is 35.7. The van der Waals surface area contributed by atoms with Crippen molar-refractivity contribution in [2.45, 2.75) is 110 Å². The fourth-order valence-electron chi connectivity index (χ4n) is 12.9. The predicted octanol–water partition coefficient (Wildman–Crippen LogP) is 19.1. The van der Waals surface area contributed by atoms with Gasteiger partial charge < -0.3 is 9.88 Å². The largest absolute Gasteiger partial charge is 0.355 e. The Morgan fingerprint density at radius 1 is 0.568 bits per heavy atom. The van der Waals surface area contributed by atoms with Gasteiger partial charge in [0, 0.05) is 84.6 Å². The monoisotopic (exact) mass is 993 g/mol. The maximum Gasteiger partial charge on any atom is 0.197 e. The van der Waals surface area contributed by atoms with Crippen LogP contribution < -0.4 is 16.2 Å². The molecular formula is C69H62BN2S2. The van der Waals surface area contributed by atoms with Crippen LogP contribution in [0.1, 0.15) is 110 Å². The SMILES string of the molecule is CCCCCc1ccc(Nc2cc3sc4cc5c(cc4c3cc2-c2cc(-c3ccc4c(c3)sc3ccccc34)c3c4ccc6ccccc6c4n4c3c2[B]c2cc(C(C)(C)C)ccc2-4)C(C)(C)CCC5(C)C)cc1. The molecule has 74 heavy (non-hydrogen) atoms. The molecule has 0 amide bonds. The van der Waals surface area contributed by atoms with Crippen molar-refractivity contribution in [2.75, 3.05) is 5.32 Å². The third-order valence-corrected chi connectivity index (χ3v) is 19.5. The van der Waals surface area contributed by atoms with Crippen molar-refractivity contribution in [1.29, 1.82) is 0 Å². The summed E-state index contributed by atoms with van der Waals surface area (Å²) >= 11 is 3.86. The molecule has 3 aromatic heterocycles. The van der Waals surface area contributed by atoms with Crippen LogP contribution in [-0.2, 0) is 22.7 Å². The number of fused-ring (bicyclic) bond motifs is 14. The lowest BCUT2D eigenvalue weighted by Crippen LogP contribution is -2.38. The molecule has 0 bridgehead atoms. The first kappa shape index (κ1) is 45.9. The van der Waals surface area contributed by atoms with E-state index < -0.39 is 0 Å². The van der Waals surface area contributed by atoms with Crippen molar-refractivity contribution in [3.05, 3.63) is 174 Å². The van der Waals surface area contributed by atoms with E-state index in [0.29, 0.717) is 0 Å². The first-order valence-corrected chi connectivity index (χ1v) is 28.7. The van der Waals surface area contributed by atoms with Gasteiger partial charge >= 0.3 is 0 Å². The molecule has 0 fully saturated rings. The summed E-state index contributed by atoms with van der Waals surface area (Å²) in [5.74, 6) is 0. The summed E-state index contributed by atoms with van der Waals surface area (Å²) in [5.41, 5.74) is 19.5. The third-order valence-electron chi connectivity index (χ3n) is 17.3. The predicted molar refractivity (Wildman–Crippen MR) is 327 cm³/mol. The van der Waals surface area contributed by atoms with Crippen molar-refractivity contribution in [3.63, 3.8) is 0 Å². The van der Waals surface area contributed by atoms with Gasteiger partial charge in [-0.2, -0.15) is 0 Å². The number of nitrogens with one attached hydrogen (secondary N) is 1. The van der Waals surface area contributed by atoms with Crippen molar-refractivity contribution < 1.29 is 0 Å². The summed E-state index contributed by atoms with van der Waals surface area (Å²) in [6.45, 7) is 19.1. The van der Waals surface area contributed by atoms with Crippen LogP contribution in [0.25, 0.3) is 101 Å². The van der Waals surface area contributed by atoms with E-state index in [9.17, 15) is 0 Å². The quantitative estimate of drug-likeness (QED) is 0.119. The standard InChI is InChI=1S/C69H62BN2S2/c1-9-10-11-16-40-21-26-44(27-22-40)71-57-39-62-51(52-37-54-55(38-61(52)74-62)69(7,8)32-31-68(54,5)6)36-50(57)53-35-49(42-24-28-47-46-19-14-15-20-59(46)73-60(47)33-42)63-48-29-23-41-17-12-13-18-45(41)65(48)72-58-30-25-43(67(2,3)4)34-56(58)70-64(53)66(63)72/h12-15,17-30,33-39,71H,9-11,16,31-32H2,1-8H3. The van der Waals surface area contributed by atoms with Crippen LogP contribution >= 0.6 is 22.7 Å². The minimum absolute atomic E-state index is 0.0154. The number of nitrogens with zero attached hydrogens (tertiary/aromatic N) is 1. The molecule has 9 aromatic carbocycles. The van der Waals surface area contributed by atoms with Gasteiger partial charge in [0.15, 0.2) is 7.28 Å². The minimum Gasteiger partial charge on any atom is -0.355 e. The molecule has 1 N–H and O–H groups in total. The first-order valence-electron chi connectivity index (χ1n) is 27.1. The van der Waals surface area contributed by atoms with Crippen LogP contribution in [0.5, 0.6) is 0 Å². The number of anilines is 2. The van der Waals surface area contributed by atoms with Crippen molar-refractivity contribution in [1.82, 2.24) is 4.57 Å². The van der Waals surface area contributed by atoms with Gasteiger partial charge in [0.1, 0.15) is 0 Å². The Kier molecular flexibility index (Phi) is 10.3. The smallest absolute Gasteiger partial charge is 0.197 e. The summed E-state index contributed by atoms with van der Waals surface area (Å²) in [7, 11) is 2.54. The van der Waals surface area contributed by atoms with E-state index in [0.717, 1.165) is 17.8 Å². The second-order valence-corrected chi connectivity index (χ2v) is 26.2. The lowest BCUT2D eigenvalue weighted by Gasteiger charge is -2.41.